The largest absolute Gasteiger partial charge is 0.493 e. The molecule has 0 unspecified atom stereocenters. The number of benzene rings is 2. The number of hydrogen-bond donors (Lipinski definition) is 0. The van der Waals surface area contributed by atoms with Gasteiger partial charge in [-0.05, 0) is 23.3 Å². The van der Waals surface area contributed by atoms with Crippen LogP contribution in [0.4, 0.5) is 0 Å². The van der Waals surface area contributed by atoms with Gasteiger partial charge in [-0.1, -0.05) is 30.3 Å². The summed E-state index contributed by atoms with van der Waals surface area (Å²) in [5.41, 5.74) is 2.10. The molecule has 5 heteroatoms. The number of carbonyl (C=O) groups is 2. The zero-order valence-electron chi connectivity index (χ0n) is 13.7. The third kappa shape index (κ3) is 2.42. The van der Waals surface area contributed by atoms with Crippen LogP contribution in [0.3, 0.4) is 0 Å². The fourth-order valence-corrected chi connectivity index (χ4v) is 3.27. The van der Waals surface area contributed by atoms with E-state index in [9.17, 15) is 9.59 Å². The van der Waals surface area contributed by atoms with Gasteiger partial charge in [-0.2, -0.15) is 0 Å². The molecule has 0 heterocycles. The summed E-state index contributed by atoms with van der Waals surface area (Å²) < 4.78 is 15.5. The molecule has 0 saturated carbocycles. The lowest BCUT2D eigenvalue weighted by molar-refractivity contribution is -0.143. The van der Waals surface area contributed by atoms with Gasteiger partial charge in [0.25, 0.3) is 0 Å². The van der Waals surface area contributed by atoms with Gasteiger partial charge < -0.3 is 14.2 Å². The van der Waals surface area contributed by atoms with Gasteiger partial charge in [-0.3, -0.25) is 9.59 Å². The number of hydrogen-bond acceptors (Lipinski definition) is 5. The third-order valence-electron chi connectivity index (χ3n) is 4.39. The molecule has 0 bridgehead atoms. The molecule has 5 nitrogen and oxygen atoms in total. The van der Waals surface area contributed by atoms with Crippen LogP contribution in [0.15, 0.2) is 42.5 Å². The lowest BCUT2D eigenvalue weighted by Gasteiger charge is -2.18. The van der Waals surface area contributed by atoms with Crippen LogP contribution in [-0.4, -0.2) is 33.1 Å². The summed E-state index contributed by atoms with van der Waals surface area (Å²) in [6.07, 6.45) is 0. The number of ketones is 1. The van der Waals surface area contributed by atoms with Crippen molar-refractivity contribution < 1.29 is 23.8 Å². The van der Waals surface area contributed by atoms with Crippen molar-refractivity contribution in [1.82, 2.24) is 0 Å². The molecule has 0 spiro atoms. The zero-order valence-corrected chi connectivity index (χ0v) is 13.7. The predicted molar refractivity (Wildman–Crippen MR) is 87.7 cm³/mol. The van der Waals surface area contributed by atoms with E-state index in [1.54, 1.807) is 12.1 Å². The van der Waals surface area contributed by atoms with Crippen molar-refractivity contribution in [3.8, 4) is 11.5 Å². The molecule has 1 aliphatic carbocycles. The lowest BCUT2D eigenvalue weighted by atomic mass is 9.85. The normalized spacial score (nSPS) is 18.9. The molecule has 1 aliphatic rings. The molecule has 2 atom stereocenters. The lowest BCUT2D eigenvalue weighted by Crippen LogP contribution is -2.26. The van der Waals surface area contributed by atoms with Gasteiger partial charge in [-0.15, -0.1) is 0 Å². The quantitative estimate of drug-likeness (QED) is 0.639. The highest BCUT2D eigenvalue weighted by Crippen LogP contribution is 2.46. The molecule has 0 saturated heterocycles. The van der Waals surface area contributed by atoms with Crippen molar-refractivity contribution in [2.45, 2.75) is 5.92 Å². The summed E-state index contributed by atoms with van der Waals surface area (Å²) >= 11 is 0. The monoisotopic (exact) mass is 326 g/mol. The van der Waals surface area contributed by atoms with E-state index in [1.807, 2.05) is 30.3 Å². The second kappa shape index (κ2) is 6.35. The topological polar surface area (TPSA) is 61.8 Å². The molecule has 124 valence electrons. The van der Waals surface area contributed by atoms with Crippen LogP contribution in [0.2, 0.25) is 0 Å². The highest BCUT2D eigenvalue weighted by atomic mass is 16.5. The molecule has 0 aliphatic heterocycles. The number of carbonyl (C=O) groups excluding carboxylic acids is 2. The number of ether oxygens (including phenoxy) is 3. The van der Waals surface area contributed by atoms with Gasteiger partial charge in [-0.25, -0.2) is 0 Å². The average molecular weight is 326 g/mol. The van der Waals surface area contributed by atoms with E-state index in [0.29, 0.717) is 17.1 Å². The molecule has 0 aromatic heterocycles. The summed E-state index contributed by atoms with van der Waals surface area (Å²) in [7, 11) is 4.34. The summed E-state index contributed by atoms with van der Waals surface area (Å²) in [5, 5.41) is 0. The van der Waals surface area contributed by atoms with E-state index in [2.05, 4.69) is 0 Å². The first-order chi connectivity index (χ1) is 11.6. The van der Waals surface area contributed by atoms with Crippen molar-refractivity contribution in [2.24, 2.45) is 5.92 Å². The summed E-state index contributed by atoms with van der Waals surface area (Å²) in [6, 6.07) is 12.9. The maximum Gasteiger partial charge on any atom is 0.317 e. The molecular formula is C19H18O5. The first-order valence-electron chi connectivity index (χ1n) is 7.55. The van der Waals surface area contributed by atoms with Crippen LogP contribution < -0.4 is 9.47 Å². The van der Waals surface area contributed by atoms with Gasteiger partial charge >= 0.3 is 5.97 Å². The van der Waals surface area contributed by atoms with Crippen LogP contribution in [0, 0.1) is 5.92 Å². The molecular weight excluding hydrogens is 308 g/mol. The molecule has 2 aromatic rings. The smallest absolute Gasteiger partial charge is 0.317 e. The van der Waals surface area contributed by atoms with Crippen LogP contribution in [0.1, 0.15) is 27.4 Å². The molecule has 3 rings (SSSR count). The second-order valence-electron chi connectivity index (χ2n) is 5.55. The fourth-order valence-electron chi connectivity index (χ4n) is 3.27. The number of methoxy groups -OCH3 is 3. The molecule has 0 fully saturated rings. The van der Waals surface area contributed by atoms with Crippen LogP contribution in [0.5, 0.6) is 11.5 Å². The second-order valence-corrected chi connectivity index (χ2v) is 5.55. The minimum Gasteiger partial charge on any atom is -0.493 e. The molecule has 0 N–H and O–H groups in total. The molecule has 0 radical (unpaired) electrons. The van der Waals surface area contributed by atoms with Gasteiger partial charge in [0.1, 0.15) is 5.92 Å². The Morgan fingerprint density at radius 1 is 0.958 bits per heavy atom. The van der Waals surface area contributed by atoms with Gasteiger partial charge in [0, 0.05) is 11.5 Å². The van der Waals surface area contributed by atoms with Crippen LogP contribution >= 0.6 is 0 Å². The Morgan fingerprint density at radius 3 is 2.17 bits per heavy atom. The average Bonchev–Trinajstić information content (AvgIpc) is 2.92. The standard InChI is InChI=1S/C19H18O5/c1-22-14-9-12-13(10-15(14)23-2)18(20)17(19(21)24-3)16(12)11-7-5-4-6-8-11/h4-10,16-17H,1-3H3/t16-,17+/m1/s1. The minimum absolute atomic E-state index is 0.258. The Bertz CT molecular complexity index is 782. The van der Waals surface area contributed by atoms with Crippen LogP contribution in [0.25, 0.3) is 0 Å². The van der Waals surface area contributed by atoms with Gasteiger partial charge in [0.2, 0.25) is 0 Å². The Hall–Kier alpha value is -2.82. The van der Waals surface area contributed by atoms with Crippen molar-refractivity contribution in [2.75, 3.05) is 21.3 Å². The maximum atomic E-state index is 12.9. The van der Waals surface area contributed by atoms with E-state index >= 15 is 0 Å². The highest BCUT2D eigenvalue weighted by Gasteiger charge is 2.46. The Kier molecular flexibility index (Phi) is 4.25. The number of esters is 1. The predicted octanol–water partition coefficient (Wildman–Crippen LogP) is 2.82. The SMILES string of the molecule is COC(=O)[C@@H]1C(=O)c2cc(OC)c(OC)cc2[C@H]1c1ccccc1. The zero-order chi connectivity index (χ0) is 17.3. The van der Waals surface area contributed by atoms with E-state index < -0.39 is 17.8 Å². The summed E-state index contributed by atoms with van der Waals surface area (Å²) in [6.45, 7) is 0. The van der Waals surface area contributed by atoms with Crippen LogP contribution in [-0.2, 0) is 9.53 Å². The van der Waals surface area contributed by atoms with E-state index in [1.165, 1.54) is 21.3 Å². The van der Waals surface area contributed by atoms with E-state index in [4.69, 9.17) is 14.2 Å². The Balaban J connectivity index is 2.22. The number of Topliss-reactive ketones (excluding diaryl/α,β-unsaturated/α-hetero) is 1. The number of fused-ring (bicyclic) bond motifs is 1. The molecule has 2 aromatic carbocycles. The van der Waals surface area contributed by atoms with Crippen molar-refractivity contribution in [3.63, 3.8) is 0 Å². The summed E-state index contributed by atoms with van der Waals surface area (Å²) in [5.74, 6) is -1.11. The molecule has 24 heavy (non-hydrogen) atoms. The Morgan fingerprint density at radius 2 is 1.58 bits per heavy atom. The maximum absolute atomic E-state index is 12.9. The van der Waals surface area contributed by atoms with Crippen molar-refractivity contribution in [1.29, 1.82) is 0 Å². The highest BCUT2D eigenvalue weighted by molar-refractivity contribution is 6.14. The molecule has 0 amide bonds. The van der Waals surface area contributed by atoms with Gasteiger partial charge in [0.05, 0.1) is 21.3 Å². The summed E-state index contributed by atoms with van der Waals surface area (Å²) in [4.78, 5) is 25.1. The number of rotatable bonds is 4. The third-order valence-corrected chi connectivity index (χ3v) is 4.39. The first-order valence-corrected chi connectivity index (χ1v) is 7.55. The first kappa shape index (κ1) is 16.1. The van der Waals surface area contributed by atoms with E-state index in [-0.39, 0.29) is 5.78 Å². The van der Waals surface area contributed by atoms with E-state index in [0.717, 1.165) is 11.1 Å². The van der Waals surface area contributed by atoms with Gasteiger partial charge in [0.15, 0.2) is 17.3 Å². The Labute approximate surface area is 140 Å². The van der Waals surface area contributed by atoms with Crippen molar-refractivity contribution >= 4 is 11.8 Å². The fraction of sp³-hybridized carbons (Fsp3) is 0.263. The van der Waals surface area contributed by atoms with Crippen molar-refractivity contribution in [3.05, 3.63) is 59.2 Å². The minimum atomic E-state index is -0.899.